The first-order valence-electron chi connectivity index (χ1n) is 12.3. The summed E-state index contributed by atoms with van der Waals surface area (Å²) in [5, 5.41) is 12.9. The second kappa shape index (κ2) is 8.19. The summed E-state index contributed by atoms with van der Waals surface area (Å²) < 4.78 is 6.00. The van der Waals surface area contributed by atoms with E-state index < -0.39 is 0 Å². The first-order chi connectivity index (χ1) is 16.4. The molecule has 5 fully saturated rings. The number of benzene rings is 2. The maximum absolute atomic E-state index is 11.9. The summed E-state index contributed by atoms with van der Waals surface area (Å²) in [6.45, 7) is 2.46. The number of thioether (sulfide) groups is 1. The summed E-state index contributed by atoms with van der Waals surface area (Å²) >= 11 is 0.912. The van der Waals surface area contributed by atoms with Gasteiger partial charge in [-0.2, -0.15) is 0 Å². The molecular formula is C28H29NO4S. The van der Waals surface area contributed by atoms with Crippen molar-refractivity contribution in [2.45, 2.75) is 50.9 Å². The second-order valence-corrected chi connectivity index (χ2v) is 11.5. The molecule has 4 saturated carbocycles. The van der Waals surface area contributed by atoms with Gasteiger partial charge in [-0.25, -0.2) is 0 Å². The number of imide groups is 1. The van der Waals surface area contributed by atoms with Crippen molar-refractivity contribution in [2.24, 2.45) is 17.8 Å². The van der Waals surface area contributed by atoms with Gasteiger partial charge in [-0.1, -0.05) is 18.2 Å². The number of rotatable bonds is 5. The van der Waals surface area contributed by atoms with Gasteiger partial charge in [0.25, 0.3) is 11.1 Å². The maximum Gasteiger partial charge on any atom is 0.290 e. The lowest BCUT2D eigenvalue weighted by Gasteiger charge is -2.57. The normalized spacial score (nSPS) is 30.7. The molecule has 1 saturated heterocycles. The molecule has 0 radical (unpaired) electrons. The van der Waals surface area contributed by atoms with Gasteiger partial charge in [0.15, 0.2) is 0 Å². The number of ether oxygens (including phenoxy) is 1. The fourth-order valence-electron chi connectivity index (χ4n) is 7.28. The summed E-state index contributed by atoms with van der Waals surface area (Å²) in [6.07, 6.45) is 9.40. The summed E-state index contributed by atoms with van der Waals surface area (Å²) in [4.78, 5) is 23.8. The average molecular weight is 476 g/mol. The molecule has 0 aromatic heterocycles. The molecule has 2 aromatic rings. The number of hydrogen-bond acceptors (Lipinski definition) is 5. The highest BCUT2D eigenvalue weighted by Crippen LogP contribution is 2.62. The molecule has 2 amide bonds. The second-order valence-electron chi connectivity index (χ2n) is 10.5. The Kier molecular flexibility index (Phi) is 5.25. The van der Waals surface area contributed by atoms with Crippen molar-refractivity contribution < 1.29 is 19.4 Å². The van der Waals surface area contributed by atoms with Gasteiger partial charge in [-0.05, 0) is 116 Å². The molecule has 4 aliphatic carbocycles. The van der Waals surface area contributed by atoms with Crippen LogP contribution in [0.15, 0.2) is 41.3 Å². The van der Waals surface area contributed by atoms with E-state index in [4.69, 9.17) is 4.74 Å². The number of phenols is 1. The molecule has 5 aliphatic rings. The third kappa shape index (κ3) is 3.72. The number of carbonyl (C=O) groups excluding carboxylic acids is 2. The maximum atomic E-state index is 11.9. The van der Waals surface area contributed by atoms with E-state index in [0.29, 0.717) is 17.3 Å². The molecule has 1 aliphatic heterocycles. The zero-order chi connectivity index (χ0) is 23.4. The van der Waals surface area contributed by atoms with E-state index in [1.54, 1.807) is 6.08 Å². The van der Waals surface area contributed by atoms with Crippen molar-refractivity contribution in [3.8, 4) is 22.6 Å². The molecule has 6 heteroatoms. The Bertz CT molecular complexity index is 1180. The Morgan fingerprint density at radius 3 is 2.38 bits per heavy atom. The highest BCUT2D eigenvalue weighted by atomic mass is 32.2. The van der Waals surface area contributed by atoms with Crippen LogP contribution < -0.4 is 10.1 Å². The standard InChI is InChI=1S/C28H29NO4S/c1-2-33-24-10-16(11-25-26(31)29-27(32)34-25)3-5-21(24)20-4-6-23(30)22(12-20)28-13-17-7-18(14-28)9-19(8-17)15-28/h3-6,10-12,17-19,30H,2,7-9,13-15H2,1H3,(H,29,31,32)/b25-11-. The lowest BCUT2D eigenvalue weighted by Crippen LogP contribution is -2.48. The first kappa shape index (κ1) is 21.8. The van der Waals surface area contributed by atoms with Gasteiger partial charge in [0.2, 0.25) is 0 Å². The summed E-state index contributed by atoms with van der Waals surface area (Å²) in [7, 11) is 0. The lowest BCUT2D eigenvalue weighted by molar-refractivity contribution is -0.115. The summed E-state index contributed by atoms with van der Waals surface area (Å²) in [5.41, 5.74) is 4.02. The molecule has 0 spiro atoms. The van der Waals surface area contributed by atoms with Crippen molar-refractivity contribution in [3.05, 3.63) is 52.4 Å². The van der Waals surface area contributed by atoms with E-state index in [2.05, 4.69) is 11.4 Å². The predicted octanol–water partition coefficient (Wildman–Crippen LogP) is 6.25. The fraction of sp³-hybridized carbons (Fsp3) is 0.429. The van der Waals surface area contributed by atoms with E-state index in [1.165, 1.54) is 38.5 Å². The number of phenolic OH excluding ortho intramolecular Hbond substituents is 1. The number of aromatic hydroxyl groups is 1. The van der Waals surface area contributed by atoms with Gasteiger partial charge < -0.3 is 9.84 Å². The largest absolute Gasteiger partial charge is 0.508 e. The van der Waals surface area contributed by atoms with Crippen LogP contribution in [0.5, 0.6) is 11.5 Å². The molecular weight excluding hydrogens is 446 g/mol. The third-order valence-corrected chi connectivity index (χ3v) is 8.97. The highest BCUT2D eigenvalue weighted by Gasteiger charge is 2.52. The Morgan fingerprint density at radius 1 is 1.06 bits per heavy atom. The number of nitrogens with one attached hydrogen (secondary N) is 1. The van der Waals surface area contributed by atoms with Crippen LogP contribution in [0.1, 0.15) is 56.6 Å². The van der Waals surface area contributed by atoms with E-state index >= 15 is 0 Å². The molecule has 34 heavy (non-hydrogen) atoms. The topological polar surface area (TPSA) is 75.6 Å². The van der Waals surface area contributed by atoms with Gasteiger partial charge in [-0.15, -0.1) is 0 Å². The Labute approximate surface area is 204 Å². The molecule has 0 atom stereocenters. The van der Waals surface area contributed by atoms with Crippen LogP contribution in [-0.4, -0.2) is 22.9 Å². The minimum absolute atomic E-state index is 0.102. The van der Waals surface area contributed by atoms with Crippen LogP contribution in [0.2, 0.25) is 0 Å². The Morgan fingerprint density at radius 2 is 1.76 bits per heavy atom. The zero-order valence-corrected chi connectivity index (χ0v) is 20.1. The van der Waals surface area contributed by atoms with Crippen LogP contribution in [-0.2, 0) is 10.2 Å². The van der Waals surface area contributed by atoms with E-state index in [1.807, 2.05) is 37.3 Å². The SMILES string of the molecule is CCOc1cc(/C=C2\SC(=O)NC2=O)ccc1-c1ccc(O)c(C23CC4CC(CC(C4)C2)C3)c1. The minimum Gasteiger partial charge on any atom is -0.508 e. The molecule has 2 aromatic carbocycles. The van der Waals surface area contributed by atoms with Gasteiger partial charge in [0.1, 0.15) is 11.5 Å². The molecule has 0 unspecified atom stereocenters. The third-order valence-electron chi connectivity index (χ3n) is 8.16. The van der Waals surface area contributed by atoms with E-state index in [0.717, 1.165) is 57.5 Å². The molecule has 1 heterocycles. The van der Waals surface area contributed by atoms with Crippen LogP contribution in [0, 0.1) is 17.8 Å². The fourth-order valence-corrected chi connectivity index (χ4v) is 7.97. The summed E-state index contributed by atoms with van der Waals surface area (Å²) in [6, 6.07) is 11.9. The van der Waals surface area contributed by atoms with Crippen molar-refractivity contribution in [3.63, 3.8) is 0 Å². The first-order valence-corrected chi connectivity index (χ1v) is 13.1. The Balaban J connectivity index is 1.38. The van der Waals surface area contributed by atoms with Crippen molar-refractivity contribution >= 4 is 29.0 Å². The molecule has 2 N–H and O–H groups in total. The average Bonchev–Trinajstić information content (AvgIpc) is 3.10. The van der Waals surface area contributed by atoms with Gasteiger partial charge in [-0.3, -0.25) is 14.9 Å². The smallest absolute Gasteiger partial charge is 0.290 e. The number of hydrogen-bond donors (Lipinski definition) is 2. The summed E-state index contributed by atoms with van der Waals surface area (Å²) in [5.74, 6) is 3.19. The molecule has 4 bridgehead atoms. The highest BCUT2D eigenvalue weighted by molar-refractivity contribution is 8.18. The Hall–Kier alpha value is -2.73. The van der Waals surface area contributed by atoms with Gasteiger partial charge in [0.05, 0.1) is 11.5 Å². The molecule has 7 rings (SSSR count). The van der Waals surface area contributed by atoms with Crippen LogP contribution in [0.4, 0.5) is 4.79 Å². The quantitative estimate of drug-likeness (QED) is 0.500. The number of amides is 2. The van der Waals surface area contributed by atoms with E-state index in [9.17, 15) is 14.7 Å². The number of carbonyl (C=O) groups is 2. The predicted molar refractivity (Wildman–Crippen MR) is 134 cm³/mol. The van der Waals surface area contributed by atoms with Crippen molar-refractivity contribution in [2.75, 3.05) is 6.61 Å². The monoisotopic (exact) mass is 475 g/mol. The van der Waals surface area contributed by atoms with Crippen LogP contribution in [0.25, 0.3) is 17.2 Å². The van der Waals surface area contributed by atoms with Crippen molar-refractivity contribution in [1.29, 1.82) is 0 Å². The van der Waals surface area contributed by atoms with Gasteiger partial charge >= 0.3 is 0 Å². The molecule has 176 valence electrons. The van der Waals surface area contributed by atoms with E-state index in [-0.39, 0.29) is 16.6 Å². The minimum atomic E-state index is -0.365. The lowest BCUT2D eigenvalue weighted by atomic mass is 9.48. The zero-order valence-electron chi connectivity index (χ0n) is 19.3. The van der Waals surface area contributed by atoms with Crippen LogP contribution in [0.3, 0.4) is 0 Å². The van der Waals surface area contributed by atoms with Crippen LogP contribution >= 0.6 is 11.8 Å². The van der Waals surface area contributed by atoms with Gasteiger partial charge in [0, 0.05) is 11.1 Å². The molecule has 5 nitrogen and oxygen atoms in total. The van der Waals surface area contributed by atoms with Crippen molar-refractivity contribution in [1.82, 2.24) is 5.32 Å².